The molecule has 0 spiro atoms. The van der Waals surface area contributed by atoms with Gasteiger partial charge in [-0.25, -0.2) is 14.6 Å². The second kappa shape index (κ2) is 11.5. The number of piperidine rings is 1. The first-order chi connectivity index (χ1) is 18.4. The number of ether oxygens (including phenoxy) is 1. The number of aromatic nitrogens is 2. The van der Waals surface area contributed by atoms with Crippen molar-refractivity contribution >= 4 is 23.5 Å². The van der Waals surface area contributed by atoms with Gasteiger partial charge in [-0.3, -0.25) is 29.9 Å². The highest BCUT2D eigenvalue weighted by Crippen LogP contribution is 2.36. The number of carbonyl (C=O) groups is 2. The molecule has 0 saturated carbocycles. The van der Waals surface area contributed by atoms with E-state index >= 15 is 0 Å². The van der Waals surface area contributed by atoms with Gasteiger partial charge in [0, 0.05) is 31.2 Å². The van der Waals surface area contributed by atoms with Gasteiger partial charge in [-0.15, -0.1) is 0 Å². The molecule has 12 nitrogen and oxygen atoms in total. The Hall–Kier alpha value is -3.80. The van der Waals surface area contributed by atoms with Gasteiger partial charge in [-0.2, -0.15) is 0 Å². The minimum atomic E-state index is -0.662. The molecule has 39 heavy (non-hydrogen) atoms. The van der Waals surface area contributed by atoms with Gasteiger partial charge in [0.15, 0.2) is 12.1 Å². The first kappa shape index (κ1) is 28.2. The van der Waals surface area contributed by atoms with Crippen molar-refractivity contribution in [2.75, 3.05) is 29.5 Å². The number of aromatic amines is 2. The fourth-order valence-corrected chi connectivity index (χ4v) is 4.95. The highest BCUT2D eigenvalue weighted by molar-refractivity contribution is 5.95. The lowest BCUT2D eigenvalue weighted by Crippen LogP contribution is -2.64. The van der Waals surface area contributed by atoms with Crippen LogP contribution in [0.5, 0.6) is 0 Å². The van der Waals surface area contributed by atoms with E-state index in [1.165, 1.54) is 0 Å². The monoisotopic (exact) mass is 541 g/mol. The SMILES string of the molecule is CC(C)CCN1c2c([nH]c(=O)[nH]c2=O)N(NC(=O)c2ccccc2)C1N1CCCC(NC(=O)OC(C)(C)C)C1. The fourth-order valence-electron chi connectivity index (χ4n) is 4.95. The normalized spacial score (nSPS) is 19.6. The second-order valence-corrected chi connectivity index (χ2v) is 11.5. The molecule has 12 heteroatoms. The molecule has 4 N–H and O–H groups in total. The topological polar surface area (TPSA) is 143 Å². The molecule has 0 bridgehead atoms. The predicted molar refractivity (Wildman–Crippen MR) is 149 cm³/mol. The van der Waals surface area contributed by atoms with Crippen LogP contribution in [0.25, 0.3) is 0 Å². The summed E-state index contributed by atoms with van der Waals surface area (Å²) in [6, 6.07) is 8.54. The van der Waals surface area contributed by atoms with Gasteiger partial charge in [0.1, 0.15) is 11.3 Å². The molecule has 4 rings (SSSR count). The molecule has 2 amide bonds. The zero-order valence-electron chi connectivity index (χ0n) is 23.2. The number of nitrogens with zero attached hydrogens (tertiary/aromatic N) is 3. The highest BCUT2D eigenvalue weighted by atomic mass is 16.6. The van der Waals surface area contributed by atoms with E-state index in [1.807, 2.05) is 31.7 Å². The Balaban J connectivity index is 1.68. The van der Waals surface area contributed by atoms with Crippen LogP contribution >= 0.6 is 0 Å². The Morgan fingerprint density at radius 2 is 1.85 bits per heavy atom. The standard InChI is InChI=1S/C27H39N7O5/c1-17(2)13-15-33-20-21(29-24(37)30-23(20)36)34(31-22(35)18-10-7-6-8-11-18)26(33)32-14-9-12-19(16-32)28-25(38)39-27(3,4)5/h6-8,10-11,17,19,26H,9,12-16H2,1-5H3,(H,28,38)(H,31,35)(H2,29,30,36,37). The minimum absolute atomic E-state index is 0.201. The highest BCUT2D eigenvalue weighted by Gasteiger charge is 2.45. The molecule has 212 valence electrons. The third kappa shape index (κ3) is 6.80. The third-order valence-electron chi connectivity index (χ3n) is 6.64. The maximum atomic E-state index is 13.3. The minimum Gasteiger partial charge on any atom is -0.444 e. The maximum absolute atomic E-state index is 13.3. The van der Waals surface area contributed by atoms with Crippen LogP contribution in [0.1, 0.15) is 64.2 Å². The summed E-state index contributed by atoms with van der Waals surface area (Å²) in [4.78, 5) is 60.3. The van der Waals surface area contributed by atoms with Crippen LogP contribution < -0.4 is 31.9 Å². The summed E-state index contributed by atoms with van der Waals surface area (Å²) in [7, 11) is 0. The molecule has 1 aromatic carbocycles. The number of hydrogen-bond acceptors (Lipinski definition) is 8. The van der Waals surface area contributed by atoms with E-state index in [9.17, 15) is 19.2 Å². The largest absolute Gasteiger partial charge is 0.444 e. The molecule has 1 aromatic heterocycles. The number of nitrogens with one attached hydrogen (secondary N) is 4. The number of anilines is 2. The number of likely N-dealkylation sites (tertiary alicyclic amines) is 1. The molecule has 0 radical (unpaired) electrons. The molecule has 3 heterocycles. The van der Waals surface area contributed by atoms with Gasteiger partial charge in [-0.1, -0.05) is 32.0 Å². The number of benzene rings is 1. The summed E-state index contributed by atoms with van der Waals surface area (Å²) in [5.41, 5.74) is 1.85. The van der Waals surface area contributed by atoms with E-state index in [1.54, 1.807) is 29.3 Å². The molecule has 2 aromatic rings. The van der Waals surface area contributed by atoms with Crippen molar-refractivity contribution in [1.29, 1.82) is 0 Å². The van der Waals surface area contributed by atoms with Gasteiger partial charge in [0.25, 0.3) is 11.5 Å². The van der Waals surface area contributed by atoms with Crippen LogP contribution in [-0.2, 0) is 4.74 Å². The van der Waals surface area contributed by atoms with E-state index in [-0.39, 0.29) is 23.5 Å². The number of hydrazine groups is 1. The first-order valence-electron chi connectivity index (χ1n) is 13.4. The van der Waals surface area contributed by atoms with Crippen LogP contribution in [-0.4, -0.2) is 64.4 Å². The quantitative estimate of drug-likeness (QED) is 0.418. The van der Waals surface area contributed by atoms with Gasteiger partial charge in [0.2, 0.25) is 0 Å². The van der Waals surface area contributed by atoms with Crippen molar-refractivity contribution in [2.24, 2.45) is 5.92 Å². The number of H-pyrrole nitrogens is 2. The molecule has 1 saturated heterocycles. The number of rotatable bonds is 7. The van der Waals surface area contributed by atoms with Crippen molar-refractivity contribution in [3.8, 4) is 0 Å². The van der Waals surface area contributed by atoms with Crippen molar-refractivity contribution in [1.82, 2.24) is 25.6 Å². The molecule has 0 aliphatic carbocycles. The number of fused-ring (bicyclic) bond motifs is 1. The number of carbonyl (C=O) groups excluding carboxylic acids is 2. The lowest BCUT2D eigenvalue weighted by molar-refractivity contribution is 0.0451. The Bertz CT molecular complexity index is 1280. The first-order valence-corrected chi connectivity index (χ1v) is 13.4. The van der Waals surface area contributed by atoms with E-state index in [2.05, 4.69) is 39.5 Å². The smallest absolute Gasteiger partial charge is 0.407 e. The summed E-state index contributed by atoms with van der Waals surface area (Å²) in [6.45, 7) is 11.3. The van der Waals surface area contributed by atoms with E-state index in [0.29, 0.717) is 31.1 Å². The summed E-state index contributed by atoms with van der Waals surface area (Å²) < 4.78 is 5.46. The summed E-state index contributed by atoms with van der Waals surface area (Å²) >= 11 is 0. The Kier molecular flexibility index (Phi) is 8.34. The van der Waals surface area contributed by atoms with Gasteiger partial charge >= 0.3 is 11.8 Å². The molecule has 2 aliphatic heterocycles. The van der Waals surface area contributed by atoms with E-state index in [0.717, 1.165) is 19.3 Å². The average Bonchev–Trinajstić information content (AvgIpc) is 3.15. The van der Waals surface area contributed by atoms with Gasteiger partial charge < -0.3 is 15.0 Å². The van der Waals surface area contributed by atoms with Crippen molar-refractivity contribution in [3.63, 3.8) is 0 Å². The molecule has 2 unspecified atom stereocenters. The van der Waals surface area contributed by atoms with Crippen LogP contribution in [0, 0.1) is 5.92 Å². The Morgan fingerprint density at radius 1 is 1.13 bits per heavy atom. The van der Waals surface area contributed by atoms with Crippen LogP contribution in [0.2, 0.25) is 0 Å². The number of amides is 2. The van der Waals surface area contributed by atoms with Crippen molar-refractivity contribution in [3.05, 3.63) is 56.7 Å². The van der Waals surface area contributed by atoms with Crippen molar-refractivity contribution < 1.29 is 14.3 Å². The predicted octanol–water partition coefficient (Wildman–Crippen LogP) is 2.35. The number of alkyl carbamates (subject to hydrolysis) is 1. The summed E-state index contributed by atoms with van der Waals surface area (Å²) in [5, 5.41) is 4.53. The second-order valence-electron chi connectivity index (χ2n) is 11.5. The lowest BCUT2D eigenvalue weighted by atomic mass is 10.1. The van der Waals surface area contributed by atoms with Gasteiger partial charge in [-0.05, 0) is 58.1 Å². The molecule has 2 aliphatic rings. The average molecular weight is 542 g/mol. The number of hydrogen-bond donors (Lipinski definition) is 4. The molecule has 2 atom stereocenters. The van der Waals surface area contributed by atoms with Crippen LogP contribution in [0.15, 0.2) is 39.9 Å². The zero-order chi connectivity index (χ0) is 28.3. The Labute approximate surface area is 227 Å². The van der Waals surface area contributed by atoms with E-state index in [4.69, 9.17) is 4.74 Å². The molecule has 1 fully saturated rings. The van der Waals surface area contributed by atoms with E-state index < -0.39 is 29.2 Å². The molecular formula is C27H39N7O5. The van der Waals surface area contributed by atoms with Crippen molar-refractivity contribution in [2.45, 2.75) is 71.8 Å². The maximum Gasteiger partial charge on any atom is 0.407 e. The molecular weight excluding hydrogens is 502 g/mol. The third-order valence-corrected chi connectivity index (χ3v) is 6.64. The summed E-state index contributed by atoms with van der Waals surface area (Å²) in [5.74, 6) is 0.203. The fraction of sp³-hybridized carbons (Fsp3) is 0.556. The van der Waals surface area contributed by atoms with Crippen LogP contribution in [0.3, 0.4) is 0 Å². The summed E-state index contributed by atoms with van der Waals surface area (Å²) in [6.07, 6.45) is 1.22. The lowest BCUT2D eigenvalue weighted by Gasteiger charge is -2.44. The van der Waals surface area contributed by atoms with Crippen LogP contribution in [0.4, 0.5) is 16.3 Å². The Morgan fingerprint density at radius 3 is 2.51 bits per heavy atom. The zero-order valence-corrected chi connectivity index (χ0v) is 23.2. The van der Waals surface area contributed by atoms with Gasteiger partial charge in [0.05, 0.1) is 0 Å².